The van der Waals surface area contributed by atoms with Gasteiger partial charge in [-0.05, 0) is 48.9 Å². The molecule has 1 heterocycles. The van der Waals surface area contributed by atoms with E-state index in [4.69, 9.17) is 0 Å². The molecule has 3 rings (SSSR count). The summed E-state index contributed by atoms with van der Waals surface area (Å²) in [6, 6.07) is 7.43. The van der Waals surface area contributed by atoms with Gasteiger partial charge in [0.15, 0.2) is 0 Å². The van der Waals surface area contributed by atoms with E-state index in [1.165, 1.54) is 35.1 Å². The molecule has 0 spiro atoms. The monoisotopic (exact) mass is 308 g/mol. The molecular weight excluding hydrogens is 288 g/mol. The lowest BCUT2D eigenvalue weighted by atomic mass is 10.1. The summed E-state index contributed by atoms with van der Waals surface area (Å²) < 4.78 is 1.19. The van der Waals surface area contributed by atoms with Crippen molar-refractivity contribution in [1.29, 1.82) is 0 Å². The highest BCUT2D eigenvalue weighted by molar-refractivity contribution is 9.10. The number of benzene rings is 1. The number of nitrogens with zero attached hydrogens (tertiary/aromatic N) is 1. The Bertz CT molecular complexity index is 429. The van der Waals surface area contributed by atoms with Crippen molar-refractivity contribution in [1.82, 2.24) is 5.32 Å². The molecule has 1 aromatic carbocycles. The molecule has 1 unspecified atom stereocenters. The summed E-state index contributed by atoms with van der Waals surface area (Å²) >= 11 is 3.58. The van der Waals surface area contributed by atoms with E-state index < -0.39 is 0 Å². The average Bonchev–Trinajstić information content (AvgIpc) is 3.23. The van der Waals surface area contributed by atoms with Crippen LogP contribution in [-0.4, -0.2) is 25.7 Å². The second-order valence-corrected chi connectivity index (χ2v) is 6.39. The molecule has 0 bridgehead atoms. The summed E-state index contributed by atoms with van der Waals surface area (Å²) in [5.74, 6) is 0.938. The second-order valence-electron chi connectivity index (χ2n) is 5.47. The lowest BCUT2D eigenvalue weighted by molar-refractivity contribution is 0.418. The van der Waals surface area contributed by atoms with E-state index in [1.54, 1.807) is 0 Å². The minimum Gasteiger partial charge on any atom is -0.368 e. The van der Waals surface area contributed by atoms with Crippen LogP contribution in [0.25, 0.3) is 0 Å². The number of halogens is 1. The van der Waals surface area contributed by atoms with E-state index in [0.717, 1.165) is 25.4 Å². The second kappa shape index (κ2) is 5.22. The first-order valence-electron chi connectivity index (χ1n) is 7.04. The molecular formula is C15H21BrN2. The number of rotatable bonds is 3. The highest BCUT2D eigenvalue weighted by atomic mass is 79.9. The first kappa shape index (κ1) is 12.5. The Labute approximate surface area is 118 Å². The van der Waals surface area contributed by atoms with Crippen molar-refractivity contribution < 1.29 is 0 Å². The van der Waals surface area contributed by atoms with Crippen molar-refractivity contribution in [2.75, 3.05) is 24.5 Å². The van der Waals surface area contributed by atoms with Crippen molar-refractivity contribution in [3.05, 3.63) is 28.2 Å². The molecule has 2 fully saturated rings. The number of aryl methyl sites for hydroxylation is 1. The lowest BCUT2D eigenvalue weighted by Gasteiger charge is -2.36. The van der Waals surface area contributed by atoms with E-state index in [9.17, 15) is 0 Å². The number of piperazine rings is 1. The van der Waals surface area contributed by atoms with Gasteiger partial charge in [0.05, 0.1) is 0 Å². The van der Waals surface area contributed by atoms with Crippen LogP contribution < -0.4 is 10.2 Å². The number of anilines is 1. The number of nitrogens with one attached hydrogen (secondary N) is 1. The van der Waals surface area contributed by atoms with E-state index >= 15 is 0 Å². The molecule has 1 aliphatic heterocycles. The average molecular weight is 309 g/mol. The Morgan fingerprint density at radius 1 is 1.39 bits per heavy atom. The molecule has 98 valence electrons. The van der Waals surface area contributed by atoms with Crippen LogP contribution in [0.5, 0.6) is 0 Å². The summed E-state index contributed by atoms with van der Waals surface area (Å²) in [7, 11) is 0. The van der Waals surface area contributed by atoms with Crippen molar-refractivity contribution in [3.63, 3.8) is 0 Å². The van der Waals surface area contributed by atoms with E-state index in [-0.39, 0.29) is 0 Å². The summed E-state index contributed by atoms with van der Waals surface area (Å²) in [6.07, 6.45) is 3.95. The van der Waals surface area contributed by atoms with E-state index in [2.05, 4.69) is 51.3 Å². The fourth-order valence-electron chi connectivity index (χ4n) is 2.96. The topological polar surface area (TPSA) is 15.3 Å². The predicted molar refractivity (Wildman–Crippen MR) is 80.2 cm³/mol. The van der Waals surface area contributed by atoms with Gasteiger partial charge in [-0.2, -0.15) is 0 Å². The Morgan fingerprint density at radius 2 is 2.22 bits per heavy atom. The van der Waals surface area contributed by atoms with Crippen LogP contribution >= 0.6 is 15.9 Å². The van der Waals surface area contributed by atoms with Gasteiger partial charge in [0.2, 0.25) is 0 Å². The molecule has 3 heteroatoms. The predicted octanol–water partition coefficient (Wildman–Crippen LogP) is 3.20. The molecule has 1 aliphatic carbocycles. The molecule has 0 aromatic heterocycles. The molecule has 1 saturated carbocycles. The summed E-state index contributed by atoms with van der Waals surface area (Å²) in [6.45, 7) is 5.68. The van der Waals surface area contributed by atoms with E-state index in [0.29, 0.717) is 6.04 Å². The Balaban J connectivity index is 1.80. The van der Waals surface area contributed by atoms with Crippen LogP contribution in [0.2, 0.25) is 0 Å². The summed E-state index contributed by atoms with van der Waals surface area (Å²) in [5.41, 5.74) is 2.90. The van der Waals surface area contributed by atoms with Crippen molar-refractivity contribution in [2.24, 2.45) is 5.92 Å². The zero-order chi connectivity index (χ0) is 12.5. The summed E-state index contributed by atoms with van der Waals surface area (Å²) in [4.78, 5) is 2.57. The molecule has 2 aliphatic rings. The van der Waals surface area contributed by atoms with Crippen molar-refractivity contribution in [3.8, 4) is 0 Å². The standard InChI is InChI=1S/C15H21BrN2/c1-2-11-9-13(16)5-6-15(11)18-8-7-17-14(10-18)12-3-4-12/h5-6,9,12,14,17H,2-4,7-8,10H2,1H3. The normalized spacial score (nSPS) is 24.3. The number of hydrogen-bond acceptors (Lipinski definition) is 2. The quantitative estimate of drug-likeness (QED) is 0.922. The largest absolute Gasteiger partial charge is 0.368 e. The molecule has 1 aromatic rings. The highest BCUT2D eigenvalue weighted by Gasteiger charge is 2.34. The van der Waals surface area contributed by atoms with Crippen LogP contribution in [0, 0.1) is 5.92 Å². The van der Waals surface area contributed by atoms with Gasteiger partial charge in [-0.15, -0.1) is 0 Å². The van der Waals surface area contributed by atoms with Gasteiger partial charge < -0.3 is 10.2 Å². The van der Waals surface area contributed by atoms with Gasteiger partial charge in [-0.3, -0.25) is 0 Å². The zero-order valence-corrected chi connectivity index (χ0v) is 12.5. The maximum atomic E-state index is 3.68. The molecule has 0 amide bonds. The molecule has 1 N–H and O–H groups in total. The molecule has 2 nitrogen and oxygen atoms in total. The van der Waals surface area contributed by atoms with Crippen LogP contribution in [-0.2, 0) is 6.42 Å². The highest BCUT2D eigenvalue weighted by Crippen LogP contribution is 2.35. The Hall–Kier alpha value is -0.540. The summed E-state index contributed by atoms with van der Waals surface area (Å²) in [5, 5.41) is 3.68. The van der Waals surface area contributed by atoms with Gasteiger partial charge in [-0.25, -0.2) is 0 Å². The Morgan fingerprint density at radius 3 is 2.94 bits per heavy atom. The lowest BCUT2D eigenvalue weighted by Crippen LogP contribution is -2.52. The molecule has 1 atom stereocenters. The number of hydrogen-bond donors (Lipinski definition) is 1. The maximum absolute atomic E-state index is 3.68. The van der Waals surface area contributed by atoms with Gasteiger partial charge >= 0.3 is 0 Å². The van der Waals surface area contributed by atoms with Gasteiger partial charge in [0, 0.05) is 35.8 Å². The zero-order valence-electron chi connectivity index (χ0n) is 11.0. The first-order valence-corrected chi connectivity index (χ1v) is 7.84. The van der Waals surface area contributed by atoms with Crippen LogP contribution in [0.3, 0.4) is 0 Å². The molecule has 1 saturated heterocycles. The van der Waals surface area contributed by atoms with Crippen LogP contribution in [0.4, 0.5) is 5.69 Å². The van der Waals surface area contributed by atoms with Gasteiger partial charge in [0.1, 0.15) is 0 Å². The minimum absolute atomic E-state index is 0.715. The van der Waals surface area contributed by atoms with Gasteiger partial charge in [-0.1, -0.05) is 22.9 Å². The van der Waals surface area contributed by atoms with Crippen LogP contribution in [0.1, 0.15) is 25.3 Å². The third-order valence-electron chi connectivity index (χ3n) is 4.16. The van der Waals surface area contributed by atoms with Crippen molar-refractivity contribution >= 4 is 21.6 Å². The van der Waals surface area contributed by atoms with Gasteiger partial charge in [0.25, 0.3) is 0 Å². The first-order chi connectivity index (χ1) is 8.78. The minimum atomic E-state index is 0.715. The third kappa shape index (κ3) is 2.57. The fourth-order valence-corrected chi connectivity index (χ4v) is 3.37. The SMILES string of the molecule is CCc1cc(Br)ccc1N1CCNC(C2CC2)C1. The Kier molecular flexibility index (Phi) is 3.62. The maximum Gasteiger partial charge on any atom is 0.0400 e. The van der Waals surface area contributed by atoms with E-state index in [1.807, 2.05) is 0 Å². The smallest absolute Gasteiger partial charge is 0.0400 e. The molecule has 18 heavy (non-hydrogen) atoms. The molecule has 0 radical (unpaired) electrons. The fraction of sp³-hybridized carbons (Fsp3) is 0.600. The van der Waals surface area contributed by atoms with Crippen molar-refractivity contribution in [2.45, 2.75) is 32.2 Å². The third-order valence-corrected chi connectivity index (χ3v) is 4.65. The van der Waals surface area contributed by atoms with Crippen LogP contribution in [0.15, 0.2) is 22.7 Å².